The summed E-state index contributed by atoms with van der Waals surface area (Å²) in [5.41, 5.74) is 2.96. The maximum atomic E-state index is 3.53. The Labute approximate surface area is 111 Å². The summed E-state index contributed by atoms with van der Waals surface area (Å²) in [4.78, 5) is 2.62. The molecular weight excluding hydrogens is 220 g/mol. The minimum Gasteiger partial charge on any atom is -0.366 e. The van der Waals surface area contributed by atoms with Gasteiger partial charge in [-0.2, -0.15) is 0 Å². The van der Waals surface area contributed by atoms with Gasteiger partial charge in [-0.15, -0.1) is 0 Å². The molecule has 0 bridgehead atoms. The molecule has 0 aliphatic carbocycles. The average Bonchev–Trinajstić information content (AvgIpc) is 2.40. The topological polar surface area (TPSA) is 15.3 Å². The Kier molecular flexibility index (Phi) is 4.65. The molecule has 1 unspecified atom stereocenters. The first-order valence-electron chi connectivity index (χ1n) is 7.29. The molecule has 1 aromatic carbocycles. The normalized spacial score (nSPS) is 20.4. The van der Waals surface area contributed by atoms with Gasteiger partial charge in [0.15, 0.2) is 0 Å². The summed E-state index contributed by atoms with van der Waals surface area (Å²) in [6.07, 6.45) is 2.40. The van der Waals surface area contributed by atoms with E-state index in [1.54, 1.807) is 0 Å². The molecule has 0 radical (unpaired) electrons. The summed E-state index contributed by atoms with van der Waals surface area (Å²) in [6.45, 7) is 10.3. The first-order valence-corrected chi connectivity index (χ1v) is 7.29. The molecule has 18 heavy (non-hydrogen) atoms. The first-order chi connectivity index (χ1) is 8.74. The van der Waals surface area contributed by atoms with E-state index in [9.17, 15) is 0 Å². The molecule has 0 saturated carbocycles. The Bertz CT molecular complexity index is 373. The van der Waals surface area contributed by atoms with Crippen molar-refractivity contribution in [2.24, 2.45) is 5.92 Å². The Morgan fingerprint density at radius 1 is 1.33 bits per heavy atom. The summed E-state index contributed by atoms with van der Waals surface area (Å²) in [6, 6.07) is 9.55. The molecule has 0 amide bonds. The smallest absolute Gasteiger partial charge is 0.0438 e. The van der Waals surface area contributed by atoms with Crippen LogP contribution in [-0.2, 0) is 6.42 Å². The molecule has 1 atom stereocenters. The number of benzene rings is 1. The minimum absolute atomic E-state index is 0.622. The third-order valence-electron chi connectivity index (χ3n) is 3.87. The number of hydrogen-bond acceptors (Lipinski definition) is 2. The molecule has 0 spiro atoms. The molecule has 1 heterocycles. The Balaban J connectivity index is 2.27. The lowest BCUT2D eigenvalue weighted by Crippen LogP contribution is -2.54. The predicted octanol–water partition coefficient (Wildman–Crippen LogP) is 3.07. The van der Waals surface area contributed by atoms with Crippen LogP contribution in [0.2, 0.25) is 0 Å². The summed E-state index contributed by atoms with van der Waals surface area (Å²) < 4.78 is 0. The van der Waals surface area contributed by atoms with Gasteiger partial charge >= 0.3 is 0 Å². The second-order valence-corrected chi connectivity index (χ2v) is 5.59. The van der Waals surface area contributed by atoms with Crippen LogP contribution in [-0.4, -0.2) is 25.7 Å². The zero-order chi connectivity index (χ0) is 13.0. The van der Waals surface area contributed by atoms with Gasteiger partial charge in [0.1, 0.15) is 0 Å². The monoisotopic (exact) mass is 246 g/mol. The number of para-hydroxylation sites is 1. The van der Waals surface area contributed by atoms with E-state index in [2.05, 4.69) is 55.3 Å². The van der Waals surface area contributed by atoms with Gasteiger partial charge in [-0.3, -0.25) is 0 Å². The van der Waals surface area contributed by atoms with Crippen LogP contribution in [0.1, 0.15) is 32.8 Å². The second kappa shape index (κ2) is 6.24. The van der Waals surface area contributed by atoms with E-state index >= 15 is 0 Å². The van der Waals surface area contributed by atoms with Gasteiger partial charge in [0.2, 0.25) is 0 Å². The number of rotatable bonds is 4. The third kappa shape index (κ3) is 2.86. The molecular formula is C16H26N2. The number of nitrogens with zero attached hydrogens (tertiary/aromatic N) is 1. The molecule has 1 aliphatic rings. The fourth-order valence-electron chi connectivity index (χ4n) is 2.89. The van der Waals surface area contributed by atoms with Crippen molar-refractivity contribution in [2.75, 3.05) is 24.5 Å². The Morgan fingerprint density at radius 2 is 2.11 bits per heavy atom. The largest absolute Gasteiger partial charge is 0.366 e. The van der Waals surface area contributed by atoms with Crippen molar-refractivity contribution < 1.29 is 0 Å². The second-order valence-electron chi connectivity index (χ2n) is 5.59. The molecule has 1 fully saturated rings. The maximum Gasteiger partial charge on any atom is 0.0438 e. The minimum atomic E-state index is 0.622. The quantitative estimate of drug-likeness (QED) is 0.878. The van der Waals surface area contributed by atoms with Crippen molar-refractivity contribution >= 4 is 5.69 Å². The molecule has 1 aromatic rings. The van der Waals surface area contributed by atoms with Crippen LogP contribution in [0.4, 0.5) is 5.69 Å². The lowest BCUT2D eigenvalue weighted by Gasteiger charge is -2.41. The highest BCUT2D eigenvalue weighted by Crippen LogP contribution is 2.27. The van der Waals surface area contributed by atoms with Gasteiger partial charge in [0.25, 0.3) is 0 Å². The van der Waals surface area contributed by atoms with Gasteiger partial charge in [0.05, 0.1) is 0 Å². The number of aryl methyl sites for hydroxylation is 1. The molecule has 1 saturated heterocycles. The summed E-state index contributed by atoms with van der Waals surface area (Å²) in [5, 5.41) is 3.53. The number of anilines is 1. The molecule has 2 rings (SSSR count). The van der Waals surface area contributed by atoms with E-state index in [0.717, 1.165) is 19.6 Å². The van der Waals surface area contributed by atoms with Crippen LogP contribution >= 0.6 is 0 Å². The lowest BCUT2D eigenvalue weighted by atomic mass is 9.97. The standard InChI is InChI=1S/C16H26N2/c1-4-7-14-8-5-6-9-15(14)18-11-10-17-12-16(18)13(2)3/h5-6,8-9,13,16-17H,4,7,10-12H2,1-3H3. The Morgan fingerprint density at radius 3 is 2.83 bits per heavy atom. The van der Waals surface area contributed by atoms with Crippen molar-refractivity contribution in [1.82, 2.24) is 5.32 Å². The van der Waals surface area contributed by atoms with Gasteiger partial charge in [0, 0.05) is 31.4 Å². The van der Waals surface area contributed by atoms with Crippen molar-refractivity contribution in [1.29, 1.82) is 0 Å². The van der Waals surface area contributed by atoms with Crippen molar-refractivity contribution in [3.63, 3.8) is 0 Å². The van der Waals surface area contributed by atoms with E-state index < -0.39 is 0 Å². The van der Waals surface area contributed by atoms with E-state index in [-0.39, 0.29) is 0 Å². The Hall–Kier alpha value is -1.02. The fraction of sp³-hybridized carbons (Fsp3) is 0.625. The summed E-state index contributed by atoms with van der Waals surface area (Å²) in [7, 11) is 0. The van der Waals surface area contributed by atoms with Crippen LogP contribution in [0.3, 0.4) is 0 Å². The first kappa shape index (κ1) is 13.4. The van der Waals surface area contributed by atoms with E-state index in [1.807, 2.05) is 0 Å². The maximum absolute atomic E-state index is 3.53. The van der Waals surface area contributed by atoms with Crippen LogP contribution in [0.25, 0.3) is 0 Å². The highest BCUT2D eigenvalue weighted by Gasteiger charge is 2.26. The average molecular weight is 246 g/mol. The molecule has 2 nitrogen and oxygen atoms in total. The molecule has 2 heteroatoms. The van der Waals surface area contributed by atoms with Crippen LogP contribution in [0, 0.1) is 5.92 Å². The number of hydrogen-bond donors (Lipinski definition) is 1. The number of piperazine rings is 1. The third-order valence-corrected chi connectivity index (χ3v) is 3.87. The summed E-state index contributed by atoms with van der Waals surface area (Å²) >= 11 is 0. The number of nitrogens with one attached hydrogen (secondary N) is 1. The van der Waals surface area contributed by atoms with Crippen LogP contribution in [0.5, 0.6) is 0 Å². The van der Waals surface area contributed by atoms with E-state index in [0.29, 0.717) is 12.0 Å². The van der Waals surface area contributed by atoms with Crippen LogP contribution < -0.4 is 10.2 Å². The van der Waals surface area contributed by atoms with Gasteiger partial charge < -0.3 is 10.2 Å². The fourth-order valence-corrected chi connectivity index (χ4v) is 2.89. The van der Waals surface area contributed by atoms with Gasteiger partial charge in [-0.25, -0.2) is 0 Å². The highest BCUT2D eigenvalue weighted by atomic mass is 15.2. The van der Waals surface area contributed by atoms with E-state index in [4.69, 9.17) is 0 Å². The van der Waals surface area contributed by atoms with Gasteiger partial charge in [-0.1, -0.05) is 45.4 Å². The summed E-state index contributed by atoms with van der Waals surface area (Å²) in [5.74, 6) is 0.687. The predicted molar refractivity (Wildman–Crippen MR) is 79.3 cm³/mol. The zero-order valence-electron chi connectivity index (χ0n) is 11.9. The zero-order valence-corrected chi connectivity index (χ0v) is 11.9. The molecule has 1 N–H and O–H groups in total. The lowest BCUT2D eigenvalue weighted by molar-refractivity contribution is 0.390. The SMILES string of the molecule is CCCc1ccccc1N1CCNCC1C(C)C. The van der Waals surface area contributed by atoms with Gasteiger partial charge in [-0.05, 0) is 24.0 Å². The van der Waals surface area contributed by atoms with Crippen LogP contribution in [0.15, 0.2) is 24.3 Å². The van der Waals surface area contributed by atoms with E-state index in [1.165, 1.54) is 24.1 Å². The van der Waals surface area contributed by atoms with Crippen molar-refractivity contribution in [3.8, 4) is 0 Å². The molecule has 1 aliphatic heterocycles. The van der Waals surface area contributed by atoms with Crippen molar-refractivity contribution in [3.05, 3.63) is 29.8 Å². The highest BCUT2D eigenvalue weighted by molar-refractivity contribution is 5.55. The van der Waals surface area contributed by atoms with Crippen molar-refractivity contribution in [2.45, 2.75) is 39.7 Å². The molecule has 0 aromatic heterocycles. The molecule has 100 valence electrons.